The molecule has 0 aliphatic heterocycles. The third-order valence-electron chi connectivity index (χ3n) is 3.10. The van der Waals surface area contributed by atoms with Crippen LogP contribution in [0.3, 0.4) is 0 Å². The molecule has 1 aliphatic rings. The van der Waals surface area contributed by atoms with Gasteiger partial charge in [-0.25, -0.2) is 0 Å². The van der Waals surface area contributed by atoms with Gasteiger partial charge in [0.2, 0.25) is 0 Å². The Morgan fingerprint density at radius 1 is 1.36 bits per heavy atom. The highest BCUT2D eigenvalue weighted by atomic mass is 16.4. The first kappa shape index (κ1) is 9.25. The molecule has 1 N–H and O–H groups in total. The van der Waals surface area contributed by atoms with Gasteiger partial charge in [-0.3, -0.25) is 0 Å². The van der Waals surface area contributed by atoms with Gasteiger partial charge in [0.05, 0.1) is 5.71 Å². The molecule has 1 unspecified atom stereocenters. The number of oxime groups is 1. The summed E-state index contributed by atoms with van der Waals surface area (Å²) in [5, 5.41) is 12.0. The van der Waals surface area contributed by atoms with E-state index in [0.717, 1.165) is 25.0 Å². The lowest BCUT2D eigenvalue weighted by molar-refractivity contribution is 0.313. The minimum atomic E-state index is 0.426. The van der Waals surface area contributed by atoms with E-state index in [2.05, 4.69) is 29.4 Å². The first-order chi connectivity index (χ1) is 6.81. The largest absolute Gasteiger partial charge is 0.411 e. The Morgan fingerprint density at radius 2 is 2.07 bits per heavy atom. The topological polar surface area (TPSA) is 32.6 Å². The summed E-state index contributed by atoms with van der Waals surface area (Å²) < 4.78 is 0. The van der Waals surface area contributed by atoms with Crippen molar-refractivity contribution in [3.63, 3.8) is 0 Å². The van der Waals surface area contributed by atoms with Crippen LogP contribution in [0.15, 0.2) is 29.4 Å². The number of benzene rings is 1. The van der Waals surface area contributed by atoms with Crippen LogP contribution >= 0.6 is 0 Å². The summed E-state index contributed by atoms with van der Waals surface area (Å²) in [5.41, 5.74) is 3.72. The minimum absolute atomic E-state index is 0.426. The van der Waals surface area contributed by atoms with Gasteiger partial charge in [-0.05, 0) is 37.3 Å². The number of nitrogens with zero attached hydrogens (tertiary/aromatic N) is 1. The third-order valence-corrected chi connectivity index (χ3v) is 3.10. The standard InChI is InChI=1S/C12H15NO/c1-9(13-14)11-7-6-10-4-2-3-5-12(10)8-11/h2-5,11,14H,6-8H2,1H3. The van der Waals surface area contributed by atoms with Crippen LogP contribution in [0, 0.1) is 5.92 Å². The van der Waals surface area contributed by atoms with Crippen LogP contribution in [0.4, 0.5) is 0 Å². The van der Waals surface area contributed by atoms with Crippen molar-refractivity contribution < 1.29 is 5.21 Å². The molecule has 1 aromatic carbocycles. The Balaban J connectivity index is 2.21. The van der Waals surface area contributed by atoms with E-state index >= 15 is 0 Å². The van der Waals surface area contributed by atoms with Crippen LogP contribution in [0.1, 0.15) is 24.5 Å². The van der Waals surface area contributed by atoms with Crippen molar-refractivity contribution in [2.24, 2.45) is 11.1 Å². The zero-order valence-corrected chi connectivity index (χ0v) is 8.40. The maximum Gasteiger partial charge on any atom is 0.0574 e. The maximum atomic E-state index is 8.72. The Hall–Kier alpha value is -1.31. The molecule has 1 aliphatic carbocycles. The SMILES string of the molecule is CC(=NO)C1CCc2ccccc2C1. The lowest BCUT2D eigenvalue weighted by Gasteiger charge is -2.23. The molecule has 0 fully saturated rings. The molecule has 0 saturated heterocycles. The minimum Gasteiger partial charge on any atom is -0.411 e. The van der Waals surface area contributed by atoms with Crippen LogP contribution in [0.2, 0.25) is 0 Å². The second-order valence-electron chi connectivity index (χ2n) is 3.95. The van der Waals surface area contributed by atoms with E-state index in [1.807, 2.05) is 6.92 Å². The molecule has 0 radical (unpaired) electrons. The molecule has 1 aromatic rings. The van der Waals surface area contributed by atoms with Crippen molar-refractivity contribution >= 4 is 5.71 Å². The Morgan fingerprint density at radius 3 is 2.79 bits per heavy atom. The monoisotopic (exact) mass is 189 g/mol. The highest BCUT2D eigenvalue weighted by molar-refractivity contribution is 5.84. The predicted octanol–water partition coefficient (Wildman–Crippen LogP) is 2.64. The number of hydrogen-bond acceptors (Lipinski definition) is 2. The highest BCUT2D eigenvalue weighted by Crippen LogP contribution is 2.26. The number of aryl methyl sites for hydroxylation is 1. The zero-order valence-electron chi connectivity index (χ0n) is 8.40. The van der Waals surface area contributed by atoms with E-state index in [0.29, 0.717) is 5.92 Å². The summed E-state index contributed by atoms with van der Waals surface area (Å²) in [4.78, 5) is 0. The van der Waals surface area contributed by atoms with Crippen molar-refractivity contribution in [2.75, 3.05) is 0 Å². The van der Waals surface area contributed by atoms with E-state index < -0.39 is 0 Å². The summed E-state index contributed by atoms with van der Waals surface area (Å²) in [7, 11) is 0. The summed E-state index contributed by atoms with van der Waals surface area (Å²) in [6, 6.07) is 8.53. The zero-order chi connectivity index (χ0) is 9.97. The first-order valence-electron chi connectivity index (χ1n) is 5.06. The van der Waals surface area contributed by atoms with E-state index in [9.17, 15) is 0 Å². The summed E-state index contributed by atoms with van der Waals surface area (Å²) in [6.07, 6.45) is 3.23. The molecule has 0 spiro atoms. The van der Waals surface area contributed by atoms with Crippen LogP contribution in [-0.2, 0) is 12.8 Å². The van der Waals surface area contributed by atoms with Gasteiger partial charge >= 0.3 is 0 Å². The normalized spacial score (nSPS) is 21.8. The smallest absolute Gasteiger partial charge is 0.0574 e. The molecule has 0 bridgehead atoms. The van der Waals surface area contributed by atoms with Crippen LogP contribution < -0.4 is 0 Å². The Kier molecular flexibility index (Phi) is 2.53. The van der Waals surface area contributed by atoms with E-state index in [-0.39, 0.29) is 0 Å². The van der Waals surface area contributed by atoms with Crippen LogP contribution in [-0.4, -0.2) is 10.9 Å². The molecule has 0 amide bonds. The second kappa shape index (κ2) is 3.82. The fourth-order valence-corrected chi connectivity index (χ4v) is 2.14. The molecule has 2 rings (SSSR count). The van der Waals surface area contributed by atoms with E-state index in [1.165, 1.54) is 11.1 Å². The molecule has 14 heavy (non-hydrogen) atoms. The number of rotatable bonds is 1. The van der Waals surface area contributed by atoms with Crippen LogP contribution in [0.5, 0.6) is 0 Å². The summed E-state index contributed by atoms with van der Waals surface area (Å²) in [5.74, 6) is 0.426. The lowest BCUT2D eigenvalue weighted by atomic mass is 9.82. The molecule has 0 aromatic heterocycles. The fourth-order valence-electron chi connectivity index (χ4n) is 2.14. The molecule has 2 nitrogen and oxygen atoms in total. The quantitative estimate of drug-likeness (QED) is 0.411. The van der Waals surface area contributed by atoms with Crippen molar-refractivity contribution in [1.29, 1.82) is 0 Å². The van der Waals surface area contributed by atoms with E-state index in [4.69, 9.17) is 5.21 Å². The van der Waals surface area contributed by atoms with Crippen molar-refractivity contribution in [2.45, 2.75) is 26.2 Å². The number of fused-ring (bicyclic) bond motifs is 1. The number of hydrogen-bond donors (Lipinski definition) is 1. The average Bonchev–Trinajstić information content (AvgIpc) is 2.27. The first-order valence-corrected chi connectivity index (χ1v) is 5.06. The molecule has 0 saturated carbocycles. The molecular formula is C12H15NO. The Bertz CT molecular complexity index is 357. The summed E-state index contributed by atoms with van der Waals surface area (Å²) in [6.45, 7) is 1.90. The van der Waals surface area contributed by atoms with Gasteiger partial charge in [0.1, 0.15) is 0 Å². The van der Waals surface area contributed by atoms with Gasteiger partial charge in [-0.2, -0.15) is 0 Å². The summed E-state index contributed by atoms with van der Waals surface area (Å²) >= 11 is 0. The van der Waals surface area contributed by atoms with Crippen LogP contribution in [0.25, 0.3) is 0 Å². The van der Waals surface area contributed by atoms with Gasteiger partial charge in [-0.1, -0.05) is 29.4 Å². The van der Waals surface area contributed by atoms with Gasteiger partial charge in [0.15, 0.2) is 0 Å². The van der Waals surface area contributed by atoms with Gasteiger partial charge in [-0.15, -0.1) is 0 Å². The molecule has 2 heteroatoms. The Labute approximate surface area is 84.3 Å². The van der Waals surface area contributed by atoms with Crippen molar-refractivity contribution in [3.05, 3.63) is 35.4 Å². The van der Waals surface area contributed by atoms with Gasteiger partial charge in [0, 0.05) is 5.92 Å². The average molecular weight is 189 g/mol. The van der Waals surface area contributed by atoms with Crippen molar-refractivity contribution in [1.82, 2.24) is 0 Å². The third kappa shape index (κ3) is 1.65. The molecule has 1 atom stereocenters. The maximum absolute atomic E-state index is 8.72. The second-order valence-corrected chi connectivity index (χ2v) is 3.95. The molecular weight excluding hydrogens is 174 g/mol. The van der Waals surface area contributed by atoms with Crippen molar-refractivity contribution in [3.8, 4) is 0 Å². The van der Waals surface area contributed by atoms with E-state index in [1.54, 1.807) is 0 Å². The lowest BCUT2D eigenvalue weighted by Crippen LogP contribution is -2.20. The highest BCUT2D eigenvalue weighted by Gasteiger charge is 2.20. The van der Waals surface area contributed by atoms with Gasteiger partial charge in [0.25, 0.3) is 0 Å². The van der Waals surface area contributed by atoms with Gasteiger partial charge < -0.3 is 5.21 Å². The fraction of sp³-hybridized carbons (Fsp3) is 0.417. The molecule has 74 valence electrons. The predicted molar refractivity (Wildman–Crippen MR) is 56.9 cm³/mol. The molecule has 0 heterocycles.